The molecule has 2 aromatic heterocycles. The number of pyridine rings is 1. The maximum absolute atomic E-state index is 13.2. The third-order valence-electron chi connectivity index (χ3n) is 3.89. The van der Waals surface area contributed by atoms with Crippen molar-refractivity contribution in [2.24, 2.45) is 0 Å². The lowest BCUT2D eigenvalue weighted by molar-refractivity contribution is 0.102. The van der Waals surface area contributed by atoms with Crippen molar-refractivity contribution < 1.29 is 13.6 Å². The van der Waals surface area contributed by atoms with Gasteiger partial charge in [0.2, 0.25) is 0 Å². The number of carbonyl (C=O) groups is 1. The third-order valence-corrected chi connectivity index (χ3v) is 3.89. The van der Waals surface area contributed by atoms with E-state index in [0.29, 0.717) is 11.5 Å². The SMILES string of the molecule is O=C(Nc1ccc(-n2cnc3ccccc32)nc1)c1ccc(F)c(F)c1. The lowest BCUT2D eigenvalue weighted by atomic mass is 10.2. The van der Waals surface area contributed by atoms with Gasteiger partial charge in [0.05, 0.1) is 22.9 Å². The number of imidazole rings is 1. The van der Waals surface area contributed by atoms with E-state index in [1.54, 1.807) is 18.5 Å². The van der Waals surface area contributed by atoms with E-state index in [1.807, 2.05) is 28.8 Å². The van der Waals surface area contributed by atoms with Gasteiger partial charge >= 0.3 is 0 Å². The van der Waals surface area contributed by atoms with E-state index in [-0.39, 0.29) is 5.56 Å². The van der Waals surface area contributed by atoms with E-state index >= 15 is 0 Å². The molecular formula is C19H12F2N4O. The number of aromatic nitrogens is 3. The Kier molecular flexibility index (Phi) is 3.89. The van der Waals surface area contributed by atoms with Crippen LogP contribution in [0.15, 0.2) is 67.1 Å². The monoisotopic (exact) mass is 350 g/mol. The van der Waals surface area contributed by atoms with Gasteiger partial charge in [-0.15, -0.1) is 0 Å². The molecule has 0 saturated heterocycles. The molecule has 0 aliphatic carbocycles. The topological polar surface area (TPSA) is 59.8 Å². The van der Waals surface area contributed by atoms with Gasteiger partial charge in [0.25, 0.3) is 5.91 Å². The van der Waals surface area contributed by atoms with Crippen LogP contribution in [-0.2, 0) is 0 Å². The van der Waals surface area contributed by atoms with Gasteiger partial charge in [0.15, 0.2) is 11.6 Å². The maximum atomic E-state index is 13.2. The van der Waals surface area contributed by atoms with E-state index in [2.05, 4.69) is 15.3 Å². The fourth-order valence-electron chi connectivity index (χ4n) is 2.58. The number of fused-ring (bicyclic) bond motifs is 1. The summed E-state index contributed by atoms with van der Waals surface area (Å²) in [5.74, 6) is -1.98. The minimum absolute atomic E-state index is 0.0218. The second kappa shape index (κ2) is 6.36. The van der Waals surface area contributed by atoms with Crippen LogP contribution in [0.2, 0.25) is 0 Å². The summed E-state index contributed by atoms with van der Waals surface area (Å²) in [6, 6.07) is 14.0. The molecule has 0 radical (unpaired) electrons. The van der Waals surface area contributed by atoms with Gasteiger partial charge in [-0.05, 0) is 42.5 Å². The average Bonchev–Trinajstić information content (AvgIpc) is 3.09. The van der Waals surface area contributed by atoms with Gasteiger partial charge in [-0.1, -0.05) is 12.1 Å². The summed E-state index contributed by atoms with van der Waals surface area (Å²) in [7, 11) is 0. The second-order valence-corrected chi connectivity index (χ2v) is 5.59. The molecule has 1 amide bonds. The Morgan fingerprint density at radius 1 is 0.962 bits per heavy atom. The summed E-state index contributed by atoms with van der Waals surface area (Å²) >= 11 is 0. The Morgan fingerprint density at radius 3 is 2.58 bits per heavy atom. The highest BCUT2D eigenvalue weighted by atomic mass is 19.2. The Balaban J connectivity index is 1.56. The number of anilines is 1. The number of carbonyl (C=O) groups excluding carboxylic acids is 1. The molecule has 0 unspecified atom stereocenters. The number of amides is 1. The first kappa shape index (κ1) is 15.9. The van der Waals surface area contributed by atoms with Crippen molar-refractivity contribution in [1.29, 1.82) is 0 Å². The van der Waals surface area contributed by atoms with Crippen LogP contribution in [0.5, 0.6) is 0 Å². The lowest BCUT2D eigenvalue weighted by Gasteiger charge is -2.07. The van der Waals surface area contributed by atoms with Gasteiger partial charge in [0, 0.05) is 5.56 Å². The van der Waals surface area contributed by atoms with Gasteiger partial charge in [-0.3, -0.25) is 9.36 Å². The summed E-state index contributed by atoms with van der Waals surface area (Å²) in [6.07, 6.45) is 3.16. The Labute approximate surface area is 146 Å². The lowest BCUT2D eigenvalue weighted by Crippen LogP contribution is -2.12. The normalized spacial score (nSPS) is 10.8. The van der Waals surface area contributed by atoms with Crippen LogP contribution in [0.25, 0.3) is 16.9 Å². The van der Waals surface area contributed by atoms with E-state index in [0.717, 1.165) is 23.2 Å². The summed E-state index contributed by atoms with van der Waals surface area (Å²) in [4.78, 5) is 20.8. The molecule has 1 N–H and O–H groups in total. The molecule has 0 spiro atoms. The zero-order valence-electron chi connectivity index (χ0n) is 13.4. The molecule has 26 heavy (non-hydrogen) atoms. The zero-order chi connectivity index (χ0) is 18.1. The Morgan fingerprint density at radius 2 is 1.81 bits per heavy atom. The predicted molar refractivity (Wildman–Crippen MR) is 93.2 cm³/mol. The van der Waals surface area contributed by atoms with Crippen LogP contribution in [0.3, 0.4) is 0 Å². The van der Waals surface area contributed by atoms with Crippen molar-refractivity contribution in [3.05, 3.63) is 84.3 Å². The Bertz CT molecular complexity index is 1110. The highest BCUT2D eigenvalue weighted by Gasteiger charge is 2.11. The first-order valence-electron chi connectivity index (χ1n) is 7.77. The standard InChI is InChI=1S/C19H12F2N4O/c20-14-7-5-12(9-15(14)21)19(26)24-13-6-8-18(22-10-13)25-11-23-16-3-1-2-4-17(16)25/h1-11H,(H,24,26). The molecule has 2 aromatic carbocycles. The van der Waals surface area contributed by atoms with Crippen LogP contribution < -0.4 is 5.32 Å². The number of nitrogens with zero attached hydrogens (tertiary/aromatic N) is 3. The summed E-state index contributed by atoms with van der Waals surface area (Å²) in [5, 5.41) is 2.60. The molecule has 2 heterocycles. The van der Waals surface area contributed by atoms with Gasteiger partial charge in [-0.2, -0.15) is 0 Å². The van der Waals surface area contributed by atoms with Gasteiger partial charge < -0.3 is 5.32 Å². The Hall–Kier alpha value is -3.61. The molecule has 0 aliphatic rings. The van der Waals surface area contributed by atoms with E-state index < -0.39 is 17.5 Å². The number of halogens is 2. The van der Waals surface area contributed by atoms with Crippen LogP contribution in [0.4, 0.5) is 14.5 Å². The minimum Gasteiger partial charge on any atom is -0.321 e. The van der Waals surface area contributed by atoms with Crippen LogP contribution in [0.1, 0.15) is 10.4 Å². The highest BCUT2D eigenvalue weighted by molar-refractivity contribution is 6.04. The molecule has 0 fully saturated rings. The summed E-state index contributed by atoms with van der Waals surface area (Å²) in [6.45, 7) is 0. The molecule has 5 nitrogen and oxygen atoms in total. The molecule has 0 saturated carbocycles. The number of para-hydroxylation sites is 2. The maximum Gasteiger partial charge on any atom is 0.255 e. The van der Waals surface area contributed by atoms with Crippen molar-refractivity contribution in [3.63, 3.8) is 0 Å². The van der Waals surface area contributed by atoms with Crippen molar-refractivity contribution in [1.82, 2.24) is 14.5 Å². The van der Waals surface area contributed by atoms with Crippen LogP contribution in [0, 0.1) is 11.6 Å². The highest BCUT2D eigenvalue weighted by Crippen LogP contribution is 2.18. The number of rotatable bonds is 3. The minimum atomic E-state index is -1.07. The fraction of sp³-hybridized carbons (Fsp3) is 0. The number of nitrogens with one attached hydrogen (secondary N) is 1. The smallest absolute Gasteiger partial charge is 0.255 e. The number of benzene rings is 2. The van der Waals surface area contributed by atoms with Crippen molar-refractivity contribution in [2.45, 2.75) is 0 Å². The number of hydrogen-bond acceptors (Lipinski definition) is 3. The summed E-state index contributed by atoms with van der Waals surface area (Å²) in [5.41, 5.74) is 2.23. The molecule has 128 valence electrons. The molecule has 0 atom stereocenters. The van der Waals surface area contributed by atoms with Crippen LogP contribution in [-0.4, -0.2) is 20.4 Å². The van der Waals surface area contributed by atoms with E-state index in [4.69, 9.17) is 0 Å². The fourth-order valence-corrected chi connectivity index (χ4v) is 2.58. The van der Waals surface area contributed by atoms with E-state index in [1.165, 1.54) is 12.3 Å². The molecule has 4 rings (SSSR count). The van der Waals surface area contributed by atoms with Crippen LogP contribution >= 0.6 is 0 Å². The first-order chi connectivity index (χ1) is 12.6. The molecule has 4 aromatic rings. The van der Waals surface area contributed by atoms with E-state index in [9.17, 15) is 13.6 Å². The average molecular weight is 350 g/mol. The van der Waals surface area contributed by atoms with Crippen molar-refractivity contribution in [3.8, 4) is 5.82 Å². The largest absolute Gasteiger partial charge is 0.321 e. The molecule has 7 heteroatoms. The molecule has 0 aliphatic heterocycles. The third kappa shape index (κ3) is 2.90. The van der Waals surface area contributed by atoms with Gasteiger partial charge in [0.1, 0.15) is 12.1 Å². The molecular weight excluding hydrogens is 338 g/mol. The first-order valence-corrected chi connectivity index (χ1v) is 7.77. The van der Waals surface area contributed by atoms with Gasteiger partial charge in [-0.25, -0.2) is 18.7 Å². The van der Waals surface area contributed by atoms with Crippen molar-refractivity contribution >= 4 is 22.6 Å². The van der Waals surface area contributed by atoms with Crippen molar-refractivity contribution in [2.75, 3.05) is 5.32 Å². The molecule has 0 bridgehead atoms. The summed E-state index contributed by atoms with van der Waals surface area (Å²) < 4.78 is 28.0. The predicted octanol–water partition coefficient (Wildman–Crippen LogP) is 3.95. The number of hydrogen-bond donors (Lipinski definition) is 1. The zero-order valence-corrected chi connectivity index (χ0v) is 13.4. The quantitative estimate of drug-likeness (QED) is 0.609. The second-order valence-electron chi connectivity index (χ2n) is 5.59.